The highest BCUT2D eigenvalue weighted by Crippen LogP contribution is 2.26. The van der Waals surface area contributed by atoms with Gasteiger partial charge in [0.05, 0.1) is 0 Å². The molecule has 0 aliphatic carbocycles. The van der Waals surface area contributed by atoms with Crippen molar-refractivity contribution in [3.63, 3.8) is 0 Å². The first-order valence-corrected chi connectivity index (χ1v) is 7.60. The Morgan fingerprint density at radius 3 is 2.54 bits per heavy atom. The van der Waals surface area contributed by atoms with E-state index in [2.05, 4.69) is 15.6 Å². The van der Waals surface area contributed by atoms with Gasteiger partial charge in [0.1, 0.15) is 11.6 Å². The van der Waals surface area contributed by atoms with E-state index in [4.69, 9.17) is 5.73 Å². The van der Waals surface area contributed by atoms with Crippen LogP contribution in [0.25, 0.3) is 0 Å². The highest BCUT2D eigenvalue weighted by atomic mass is 19.1. The van der Waals surface area contributed by atoms with Crippen molar-refractivity contribution in [2.45, 2.75) is 5.66 Å². The molecule has 124 valence electrons. The number of anilines is 1. The third-order valence-electron chi connectivity index (χ3n) is 3.71. The number of rotatable bonds is 3. The molecule has 6 heteroatoms. The van der Waals surface area contributed by atoms with E-state index in [9.17, 15) is 4.39 Å². The maximum Gasteiger partial charge on any atom is 0.203 e. The van der Waals surface area contributed by atoms with Gasteiger partial charge in [-0.05, 0) is 24.3 Å². The number of benzene rings is 2. The van der Waals surface area contributed by atoms with Crippen molar-refractivity contribution < 1.29 is 4.39 Å². The molecule has 1 heterocycles. The number of aliphatic imine (C=N–C) groups is 1. The van der Waals surface area contributed by atoms with Crippen LogP contribution in [0.2, 0.25) is 0 Å². The van der Waals surface area contributed by atoms with Crippen LogP contribution in [0, 0.1) is 5.82 Å². The highest BCUT2D eigenvalue weighted by Gasteiger charge is 2.30. The largest absolute Gasteiger partial charge is 0.364 e. The molecule has 1 aliphatic heterocycles. The normalized spacial score (nSPS) is 19.8. The monoisotopic (exact) mass is 325 g/mol. The van der Waals surface area contributed by atoms with E-state index < -0.39 is 5.66 Å². The second-order valence-corrected chi connectivity index (χ2v) is 5.84. The molecule has 0 bridgehead atoms. The van der Waals surface area contributed by atoms with Crippen molar-refractivity contribution in [1.29, 1.82) is 0 Å². The van der Waals surface area contributed by atoms with Crippen LogP contribution in [-0.4, -0.2) is 25.0 Å². The number of halogens is 1. The third-order valence-corrected chi connectivity index (χ3v) is 3.71. The number of nitrogens with two attached hydrogens (primary N) is 1. The zero-order chi connectivity index (χ0) is 17.2. The topological polar surface area (TPSA) is 65.7 Å². The van der Waals surface area contributed by atoms with Crippen molar-refractivity contribution in [2.24, 2.45) is 10.7 Å². The predicted molar refractivity (Wildman–Crippen MR) is 94.7 cm³/mol. The van der Waals surface area contributed by atoms with Gasteiger partial charge in [-0.1, -0.05) is 30.3 Å². The van der Waals surface area contributed by atoms with E-state index in [1.807, 2.05) is 49.3 Å². The number of guanidine groups is 1. The molecule has 0 radical (unpaired) electrons. The van der Waals surface area contributed by atoms with Gasteiger partial charge in [-0.15, -0.1) is 0 Å². The lowest BCUT2D eigenvalue weighted by atomic mass is 9.99. The first-order chi connectivity index (χ1) is 11.5. The third kappa shape index (κ3) is 3.38. The molecule has 0 saturated heterocycles. The summed E-state index contributed by atoms with van der Waals surface area (Å²) in [6.07, 6.45) is 1.78. The van der Waals surface area contributed by atoms with Crippen molar-refractivity contribution in [3.8, 4) is 0 Å². The van der Waals surface area contributed by atoms with E-state index in [1.54, 1.807) is 18.2 Å². The van der Waals surface area contributed by atoms with Gasteiger partial charge in [-0.3, -0.25) is 5.73 Å². The summed E-state index contributed by atoms with van der Waals surface area (Å²) in [7, 11) is 3.80. The average Bonchev–Trinajstić information content (AvgIpc) is 2.55. The summed E-state index contributed by atoms with van der Waals surface area (Å²) >= 11 is 0. The molecule has 2 aromatic rings. The lowest BCUT2D eigenvalue weighted by molar-refractivity contribution is 0.452. The van der Waals surface area contributed by atoms with E-state index in [-0.39, 0.29) is 5.82 Å². The second-order valence-electron chi connectivity index (χ2n) is 5.84. The Bertz CT molecular complexity index is 785. The number of hydrogen-bond donors (Lipinski definition) is 3. The maximum absolute atomic E-state index is 13.6. The molecule has 0 spiro atoms. The number of nitrogens with one attached hydrogen (secondary N) is 2. The fourth-order valence-corrected chi connectivity index (χ4v) is 2.45. The summed E-state index contributed by atoms with van der Waals surface area (Å²) in [5, 5.41) is 6.40. The van der Waals surface area contributed by atoms with E-state index in [1.165, 1.54) is 12.1 Å². The Morgan fingerprint density at radius 2 is 1.88 bits per heavy atom. The van der Waals surface area contributed by atoms with E-state index >= 15 is 0 Å². The zero-order valence-electron chi connectivity index (χ0n) is 13.6. The van der Waals surface area contributed by atoms with Gasteiger partial charge in [0.2, 0.25) is 5.96 Å². The summed E-state index contributed by atoms with van der Waals surface area (Å²) in [4.78, 5) is 6.45. The molecule has 2 aromatic carbocycles. The molecule has 0 aromatic heterocycles. The van der Waals surface area contributed by atoms with Crippen molar-refractivity contribution >= 4 is 11.6 Å². The molecule has 1 aliphatic rings. The Morgan fingerprint density at radius 1 is 1.12 bits per heavy atom. The van der Waals surface area contributed by atoms with Crippen LogP contribution in [0.3, 0.4) is 0 Å². The molecule has 24 heavy (non-hydrogen) atoms. The molecule has 3 rings (SSSR count). The average molecular weight is 325 g/mol. The van der Waals surface area contributed by atoms with E-state index in [0.29, 0.717) is 11.5 Å². The van der Waals surface area contributed by atoms with Crippen LogP contribution in [0.15, 0.2) is 71.5 Å². The first-order valence-electron chi connectivity index (χ1n) is 7.60. The smallest absolute Gasteiger partial charge is 0.203 e. The Hall–Kier alpha value is -2.86. The molecular formula is C18H20FN5. The van der Waals surface area contributed by atoms with Crippen LogP contribution in [0.5, 0.6) is 0 Å². The Kier molecular flexibility index (Phi) is 4.22. The lowest BCUT2D eigenvalue weighted by Gasteiger charge is -2.32. The van der Waals surface area contributed by atoms with Gasteiger partial charge < -0.3 is 15.5 Å². The molecule has 0 saturated carbocycles. The summed E-state index contributed by atoms with van der Waals surface area (Å²) in [6.45, 7) is 0. The SMILES string of the molecule is CN(C)C1=CC(N)(c2cccc(F)c2)N=C(Nc2ccccc2)N1. The quantitative estimate of drug-likeness (QED) is 0.811. The summed E-state index contributed by atoms with van der Waals surface area (Å²) in [5.74, 6) is 0.929. The van der Waals surface area contributed by atoms with Crippen molar-refractivity contribution in [2.75, 3.05) is 19.4 Å². The minimum atomic E-state index is -1.16. The number of para-hydroxylation sites is 1. The zero-order valence-corrected chi connectivity index (χ0v) is 13.6. The standard InChI is InChI=1S/C18H20FN5/c1-24(2)16-12-18(20,13-7-6-8-14(19)11-13)23-17(22-16)21-15-9-4-3-5-10-15/h3-12H,20H2,1-2H3,(H2,21,22,23). The summed E-state index contributed by atoms with van der Waals surface area (Å²) in [5.41, 5.74) is 6.78. The molecule has 4 N–H and O–H groups in total. The molecule has 1 atom stereocenters. The molecule has 0 fully saturated rings. The Balaban J connectivity index is 2.00. The first kappa shape index (κ1) is 16.0. The summed E-state index contributed by atoms with van der Waals surface area (Å²) < 4.78 is 13.6. The van der Waals surface area contributed by atoms with Crippen molar-refractivity contribution in [1.82, 2.24) is 10.2 Å². The fraction of sp³-hybridized carbons (Fsp3) is 0.167. The number of nitrogens with zero attached hydrogens (tertiary/aromatic N) is 2. The van der Waals surface area contributed by atoms with Gasteiger partial charge in [0, 0.05) is 31.4 Å². The van der Waals surface area contributed by atoms with E-state index in [0.717, 1.165) is 11.5 Å². The van der Waals surface area contributed by atoms with Gasteiger partial charge in [-0.25, -0.2) is 9.38 Å². The van der Waals surface area contributed by atoms with Crippen LogP contribution in [-0.2, 0) is 5.66 Å². The maximum atomic E-state index is 13.6. The second kappa shape index (κ2) is 6.33. The van der Waals surface area contributed by atoms with Gasteiger partial charge >= 0.3 is 0 Å². The molecule has 1 unspecified atom stereocenters. The summed E-state index contributed by atoms with van der Waals surface area (Å²) in [6, 6.07) is 15.8. The van der Waals surface area contributed by atoms with Gasteiger partial charge in [0.25, 0.3) is 0 Å². The van der Waals surface area contributed by atoms with Crippen molar-refractivity contribution in [3.05, 3.63) is 77.9 Å². The van der Waals surface area contributed by atoms with Crippen LogP contribution >= 0.6 is 0 Å². The molecule has 5 nitrogen and oxygen atoms in total. The van der Waals surface area contributed by atoms with Gasteiger partial charge in [-0.2, -0.15) is 0 Å². The minimum Gasteiger partial charge on any atom is -0.364 e. The molecular weight excluding hydrogens is 305 g/mol. The van der Waals surface area contributed by atoms with Crippen LogP contribution in [0.4, 0.5) is 10.1 Å². The van der Waals surface area contributed by atoms with Crippen LogP contribution < -0.4 is 16.4 Å². The lowest BCUT2D eigenvalue weighted by Crippen LogP contribution is -2.47. The fourth-order valence-electron chi connectivity index (χ4n) is 2.45. The number of hydrogen-bond acceptors (Lipinski definition) is 5. The minimum absolute atomic E-state index is 0.344. The highest BCUT2D eigenvalue weighted by molar-refractivity contribution is 5.95. The Labute approximate surface area is 140 Å². The predicted octanol–water partition coefficient (Wildman–Crippen LogP) is 2.41. The van der Waals surface area contributed by atoms with Gasteiger partial charge in [0.15, 0.2) is 5.66 Å². The molecule has 0 amide bonds. The van der Waals surface area contributed by atoms with Crippen LogP contribution in [0.1, 0.15) is 5.56 Å².